The molecule has 1 aliphatic heterocycles. The third kappa shape index (κ3) is 5.21. The number of carbonyl (C=O) groups is 1. The van der Waals surface area contributed by atoms with Gasteiger partial charge in [0.2, 0.25) is 0 Å². The van der Waals surface area contributed by atoms with Gasteiger partial charge in [0.25, 0.3) is 0 Å². The zero-order valence-electron chi connectivity index (χ0n) is 14.7. The highest BCUT2D eigenvalue weighted by atomic mass is 19.1. The fourth-order valence-corrected chi connectivity index (χ4v) is 3.34. The number of halogens is 1. The van der Waals surface area contributed by atoms with Gasteiger partial charge in [0.05, 0.1) is 0 Å². The van der Waals surface area contributed by atoms with Gasteiger partial charge >= 0.3 is 0 Å². The standard InChI is InChI=1S/C21H25FN2O/c1-17(25)20-5-2-4-19(14-20)16-24-11-3-10-23(12-13-24)15-18-6-8-21(22)9-7-18/h2,4-9,14H,3,10-13,15-16H2,1H3. The Balaban J connectivity index is 1.55. The first kappa shape index (κ1) is 17.8. The van der Waals surface area contributed by atoms with Crippen molar-refractivity contribution >= 4 is 5.78 Å². The third-order valence-electron chi connectivity index (χ3n) is 4.74. The lowest BCUT2D eigenvalue weighted by Gasteiger charge is -2.22. The number of Topliss-reactive ketones (excluding diaryl/α,β-unsaturated/α-hetero) is 1. The molecule has 0 aromatic heterocycles. The number of nitrogens with zero attached hydrogens (tertiary/aromatic N) is 2. The van der Waals surface area contributed by atoms with E-state index in [2.05, 4.69) is 15.9 Å². The van der Waals surface area contributed by atoms with Gasteiger partial charge in [-0.25, -0.2) is 4.39 Å². The van der Waals surface area contributed by atoms with Crippen molar-refractivity contribution in [2.24, 2.45) is 0 Å². The fraction of sp³-hybridized carbons (Fsp3) is 0.381. The van der Waals surface area contributed by atoms with E-state index >= 15 is 0 Å². The van der Waals surface area contributed by atoms with Crippen LogP contribution in [0.5, 0.6) is 0 Å². The molecule has 2 aromatic carbocycles. The number of benzene rings is 2. The Morgan fingerprint density at radius 1 is 0.920 bits per heavy atom. The maximum atomic E-state index is 13.0. The van der Waals surface area contributed by atoms with Crippen LogP contribution in [0.2, 0.25) is 0 Å². The summed E-state index contributed by atoms with van der Waals surface area (Å²) in [4.78, 5) is 16.4. The molecule has 0 bridgehead atoms. The van der Waals surface area contributed by atoms with Crippen LogP contribution in [0.4, 0.5) is 4.39 Å². The van der Waals surface area contributed by atoms with Gasteiger partial charge in [-0.15, -0.1) is 0 Å². The Morgan fingerprint density at radius 2 is 1.56 bits per heavy atom. The summed E-state index contributed by atoms with van der Waals surface area (Å²) in [6.07, 6.45) is 1.12. The molecule has 0 N–H and O–H groups in total. The van der Waals surface area contributed by atoms with Crippen molar-refractivity contribution in [3.8, 4) is 0 Å². The topological polar surface area (TPSA) is 23.6 Å². The summed E-state index contributed by atoms with van der Waals surface area (Å²) in [5, 5.41) is 0. The average Bonchev–Trinajstić information content (AvgIpc) is 2.82. The maximum Gasteiger partial charge on any atom is 0.159 e. The van der Waals surface area contributed by atoms with E-state index in [-0.39, 0.29) is 11.6 Å². The first-order valence-corrected chi connectivity index (χ1v) is 8.89. The van der Waals surface area contributed by atoms with Gasteiger partial charge < -0.3 is 0 Å². The van der Waals surface area contributed by atoms with E-state index in [1.165, 1.54) is 17.7 Å². The molecule has 0 radical (unpaired) electrons. The van der Waals surface area contributed by atoms with E-state index < -0.39 is 0 Å². The summed E-state index contributed by atoms with van der Waals surface area (Å²) in [5.74, 6) is -0.0678. The van der Waals surface area contributed by atoms with Crippen molar-refractivity contribution in [2.45, 2.75) is 26.4 Å². The summed E-state index contributed by atoms with van der Waals surface area (Å²) >= 11 is 0. The highest BCUT2D eigenvalue weighted by Crippen LogP contribution is 2.13. The molecule has 1 heterocycles. The summed E-state index contributed by atoms with van der Waals surface area (Å²) in [6, 6.07) is 14.7. The van der Waals surface area contributed by atoms with Gasteiger partial charge in [0, 0.05) is 31.7 Å². The lowest BCUT2D eigenvalue weighted by molar-refractivity contribution is 0.101. The first-order valence-electron chi connectivity index (χ1n) is 8.89. The molecule has 132 valence electrons. The third-order valence-corrected chi connectivity index (χ3v) is 4.74. The Bertz CT molecular complexity index is 714. The minimum absolute atomic E-state index is 0.114. The van der Waals surface area contributed by atoms with E-state index in [9.17, 15) is 9.18 Å². The summed E-state index contributed by atoms with van der Waals surface area (Å²) in [6.45, 7) is 7.48. The molecule has 0 aliphatic carbocycles. The van der Waals surface area contributed by atoms with Crippen molar-refractivity contribution in [1.29, 1.82) is 0 Å². The largest absolute Gasteiger partial charge is 0.298 e. The number of carbonyl (C=O) groups excluding carboxylic acids is 1. The lowest BCUT2D eigenvalue weighted by atomic mass is 10.1. The minimum atomic E-state index is -0.182. The van der Waals surface area contributed by atoms with Crippen LogP contribution in [0.25, 0.3) is 0 Å². The smallest absolute Gasteiger partial charge is 0.159 e. The molecule has 2 aromatic rings. The van der Waals surface area contributed by atoms with Crippen molar-refractivity contribution < 1.29 is 9.18 Å². The highest BCUT2D eigenvalue weighted by Gasteiger charge is 2.15. The Labute approximate surface area is 149 Å². The molecule has 1 saturated heterocycles. The molecule has 3 rings (SSSR count). The van der Waals surface area contributed by atoms with E-state index in [0.29, 0.717) is 0 Å². The fourth-order valence-electron chi connectivity index (χ4n) is 3.34. The molecular weight excluding hydrogens is 315 g/mol. The van der Waals surface area contributed by atoms with Crippen LogP contribution in [0.1, 0.15) is 34.8 Å². The number of hydrogen-bond acceptors (Lipinski definition) is 3. The Morgan fingerprint density at radius 3 is 2.20 bits per heavy atom. The molecule has 0 unspecified atom stereocenters. The van der Waals surface area contributed by atoms with Crippen LogP contribution >= 0.6 is 0 Å². The van der Waals surface area contributed by atoms with E-state index in [0.717, 1.165) is 56.8 Å². The Kier molecular flexibility index (Phi) is 5.95. The average molecular weight is 340 g/mol. The Hall–Kier alpha value is -2.04. The zero-order chi connectivity index (χ0) is 17.6. The quantitative estimate of drug-likeness (QED) is 0.775. The van der Waals surface area contributed by atoms with Crippen molar-refractivity contribution in [3.05, 3.63) is 71.0 Å². The van der Waals surface area contributed by atoms with Crippen molar-refractivity contribution in [1.82, 2.24) is 9.80 Å². The van der Waals surface area contributed by atoms with Gasteiger partial charge in [-0.1, -0.05) is 30.3 Å². The predicted octanol–water partition coefficient (Wildman–Crippen LogP) is 3.74. The van der Waals surface area contributed by atoms with Crippen LogP contribution in [0.15, 0.2) is 48.5 Å². The molecular formula is C21H25FN2O. The van der Waals surface area contributed by atoms with Crippen molar-refractivity contribution in [3.63, 3.8) is 0 Å². The van der Waals surface area contributed by atoms with Gasteiger partial charge in [-0.3, -0.25) is 14.6 Å². The van der Waals surface area contributed by atoms with E-state index in [4.69, 9.17) is 0 Å². The van der Waals surface area contributed by atoms with Gasteiger partial charge in [-0.2, -0.15) is 0 Å². The molecule has 1 fully saturated rings. The second-order valence-corrected chi connectivity index (χ2v) is 6.79. The number of rotatable bonds is 5. The molecule has 1 aliphatic rings. The van der Waals surface area contributed by atoms with Gasteiger partial charge in [0.1, 0.15) is 5.82 Å². The minimum Gasteiger partial charge on any atom is -0.298 e. The summed E-state index contributed by atoms with van der Waals surface area (Å²) in [5.41, 5.74) is 3.13. The molecule has 4 heteroatoms. The lowest BCUT2D eigenvalue weighted by Crippen LogP contribution is -2.30. The second-order valence-electron chi connectivity index (χ2n) is 6.79. The molecule has 3 nitrogen and oxygen atoms in total. The second kappa shape index (κ2) is 8.37. The number of hydrogen-bond donors (Lipinski definition) is 0. The predicted molar refractivity (Wildman–Crippen MR) is 98.0 cm³/mol. The van der Waals surface area contributed by atoms with E-state index in [1.807, 2.05) is 30.3 Å². The van der Waals surface area contributed by atoms with Crippen LogP contribution in [-0.2, 0) is 13.1 Å². The van der Waals surface area contributed by atoms with Gasteiger partial charge in [-0.05, 0) is 55.8 Å². The molecule has 0 atom stereocenters. The maximum absolute atomic E-state index is 13.0. The van der Waals surface area contributed by atoms with Gasteiger partial charge in [0.15, 0.2) is 5.78 Å². The molecule has 25 heavy (non-hydrogen) atoms. The van der Waals surface area contributed by atoms with Crippen LogP contribution in [0.3, 0.4) is 0 Å². The normalized spacial score (nSPS) is 16.6. The van der Waals surface area contributed by atoms with E-state index in [1.54, 1.807) is 6.92 Å². The number of ketones is 1. The zero-order valence-corrected chi connectivity index (χ0v) is 14.7. The van der Waals surface area contributed by atoms with Crippen molar-refractivity contribution in [2.75, 3.05) is 26.2 Å². The molecule has 0 amide bonds. The van der Waals surface area contributed by atoms with Crippen LogP contribution in [-0.4, -0.2) is 41.8 Å². The molecule has 0 spiro atoms. The summed E-state index contributed by atoms with van der Waals surface area (Å²) < 4.78 is 13.0. The molecule has 0 saturated carbocycles. The SMILES string of the molecule is CC(=O)c1cccc(CN2CCCN(Cc3ccc(F)cc3)CC2)c1. The van der Waals surface area contributed by atoms with Crippen LogP contribution in [0, 0.1) is 5.82 Å². The summed E-state index contributed by atoms with van der Waals surface area (Å²) in [7, 11) is 0. The van der Waals surface area contributed by atoms with Crippen LogP contribution < -0.4 is 0 Å². The first-order chi connectivity index (χ1) is 12.1. The highest BCUT2D eigenvalue weighted by molar-refractivity contribution is 5.94. The monoisotopic (exact) mass is 340 g/mol.